The van der Waals surface area contributed by atoms with Gasteiger partial charge < -0.3 is 15.1 Å². The molecule has 1 unspecified atom stereocenters. The van der Waals surface area contributed by atoms with E-state index in [9.17, 15) is 9.59 Å². The first-order chi connectivity index (χ1) is 12.6. The molecular weight excluding hydrogens is 326 g/mol. The molecule has 1 aromatic rings. The molecule has 1 atom stereocenters. The Hall–Kier alpha value is -2.04. The highest BCUT2D eigenvalue weighted by Crippen LogP contribution is 2.48. The van der Waals surface area contributed by atoms with Crippen LogP contribution in [0.1, 0.15) is 50.5 Å². The number of hydrogen-bond acceptors (Lipinski definition) is 2. The van der Waals surface area contributed by atoms with Gasteiger partial charge in [-0.2, -0.15) is 0 Å². The minimum atomic E-state index is -0.0263. The normalized spacial score (nSPS) is 25.4. The van der Waals surface area contributed by atoms with E-state index in [4.69, 9.17) is 0 Å². The first kappa shape index (κ1) is 17.4. The monoisotopic (exact) mass is 355 g/mol. The number of likely N-dealkylation sites (tertiary alicyclic amines) is 2. The van der Waals surface area contributed by atoms with Gasteiger partial charge in [0.1, 0.15) is 0 Å². The molecule has 1 aliphatic carbocycles. The van der Waals surface area contributed by atoms with Crippen molar-refractivity contribution in [1.82, 2.24) is 15.1 Å². The molecular formula is C21H29N3O2. The average Bonchev–Trinajstić information content (AvgIpc) is 3.50. The number of piperidine rings is 2. The number of hydrogen-bond donors (Lipinski definition) is 1. The Morgan fingerprint density at radius 1 is 1.19 bits per heavy atom. The fourth-order valence-electron chi connectivity index (χ4n) is 4.67. The second-order valence-corrected chi connectivity index (χ2v) is 8.19. The summed E-state index contributed by atoms with van der Waals surface area (Å²) in [5, 5.41) is 2.91. The van der Waals surface area contributed by atoms with Gasteiger partial charge in [-0.1, -0.05) is 30.3 Å². The van der Waals surface area contributed by atoms with E-state index in [1.165, 1.54) is 0 Å². The van der Waals surface area contributed by atoms with Crippen LogP contribution in [-0.4, -0.2) is 54.0 Å². The molecule has 140 valence electrons. The highest BCUT2D eigenvalue weighted by Gasteiger charge is 2.49. The van der Waals surface area contributed by atoms with Gasteiger partial charge >= 0.3 is 6.03 Å². The van der Waals surface area contributed by atoms with E-state index in [1.807, 2.05) is 30.0 Å². The minimum Gasteiger partial charge on any atom is -0.339 e. The maximum atomic E-state index is 13.1. The van der Waals surface area contributed by atoms with E-state index in [0.29, 0.717) is 18.5 Å². The summed E-state index contributed by atoms with van der Waals surface area (Å²) < 4.78 is 0. The number of rotatable bonds is 3. The van der Waals surface area contributed by atoms with Crippen LogP contribution in [0.4, 0.5) is 4.79 Å². The molecule has 1 N–H and O–H groups in total. The van der Waals surface area contributed by atoms with Crippen LogP contribution < -0.4 is 5.32 Å². The topological polar surface area (TPSA) is 52.7 Å². The van der Waals surface area contributed by atoms with Gasteiger partial charge in [0, 0.05) is 32.2 Å². The Kier molecular flexibility index (Phi) is 4.63. The minimum absolute atomic E-state index is 0.0263. The summed E-state index contributed by atoms with van der Waals surface area (Å²) in [4.78, 5) is 29.4. The van der Waals surface area contributed by atoms with Crippen molar-refractivity contribution in [2.75, 3.05) is 26.2 Å². The standard InChI is InChI=1S/C21H29N3O2/c1-2-22-20(26)23-12-10-21(11-13-23)14-18(16-6-4-3-5-7-16)19(25)24(15-21)17-8-9-17/h3-7,17-18H,2,8-15H2,1H3,(H,22,26). The van der Waals surface area contributed by atoms with Gasteiger partial charge in [0.25, 0.3) is 0 Å². The molecule has 0 aromatic heterocycles. The molecule has 1 aromatic carbocycles. The lowest BCUT2D eigenvalue weighted by atomic mass is 9.67. The number of benzene rings is 1. The summed E-state index contributed by atoms with van der Waals surface area (Å²) in [6, 6.07) is 10.8. The van der Waals surface area contributed by atoms with Crippen LogP contribution in [0.5, 0.6) is 0 Å². The van der Waals surface area contributed by atoms with Gasteiger partial charge in [0.05, 0.1) is 5.92 Å². The van der Waals surface area contributed by atoms with Crippen LogP contribution in [0.3, 0.4) is 0 Å². The highest BCUT2D eigenvalue weighted by atomic mass is 16.2. The predicted molar refractivity (Wildman–Crippen MR) is 101 cm³/mol. The maximum absolute atomic E-state index is 13.1. The zero-order chi connectivity index (χ0) is 18.1. The van der Waals surface area contributed by atoms with E-state index in [2.05, 4.69) is 22.3 Å². The Morgan fingerprint density at radius 2 is 1.88 bits per heavy atom. The van der Waals surface area contributed by atoms with Crippen molar-refractivity contribution in [1.29, 1.82) is 0 Å². The lowest BCUT2D eigenvalue weighted by Crippen LogP contribution is -2.56. The Balaban J connectivity index is 1.53. The summed E-state index contributed by atoms with van der Waals surface area (Å²) in [7, 11) is 0. The van der Waals surface area contributed by atoms with Crippen molar-refractivity contribution in [3.8, 4) is 0 Å². The molecule has 4 rings (SSSR count). The summed E-state index contributed by atoms with van der Waals surface area (Å²) in [5.41, 5.74) is 1.30. The van der Waals surface area contributed by atoms with Gasteiger partial charge in [0.15, 0.2) is 0 Å². The first-order valence-corrected chi connectivity index (χ1v) is 10.00. The molecule has 1 saturated carbocycles. The van der Waals surface area contributed by atoms with Crippen LogP contribution in [0.15, 0.2) is 30.3 Å². The zero-order valence-electron chi connectivity index (χ0n) is 15.6. The summed E-state index contributed by atoms with van der Waals surface area (Å²) in [5.74, 6) is 0.289. The molecule has 3 aliphatic rings. The van der Waals surface area contributed by atoms with Crippen molar-refractivity contribution < 1.29 is 9.59 Å². The van der Waals surface area contributed by atoms with Crippen LogP contribution in [0.25, 0.3) is 0 Å². The largest absolute Gasteiger partial charge is 0.339 e. The Bertz CT molecular complexity index is 663. The van der Waals surface area contributed by atoms with Crippen molar-refractivity contribution in [3.05, 3.63) is 35.9 Å². The van der Waals surface area contributed by atoms with Crippen molar-refractivity contribution in [2.24, 2.45) is 5.41 Å². The van der Waals surface area contributed by atoms with Crippen molar-refractivity contribution >= 4 is 11.9 Å². The van der Waals surface area contributed by atoms with Crippen LogP contribution in [0.2, 0.25) is 0 Å². The third-order valence-electron chi connectivity index (χ3n) is 6.35. The number of nitrogens with one attached hydrogen (secondary N) is 1. The molecule has 2 aliphatic heterocycles. The second-order valence-electron chi connectivity index (χ2n) is 8.19. The fourth-order valence-corrected chi connectivity index (χ4v) is 4.67. The van der Waals surface area contributed by atoms with E-state index >= 15 is 0 Å². The summed E-state index contributed by atoms with van der Waals surface area (Å²) in [6.07, 6.45) is 5.19. The van der Waals surface area contributed by atoms with E-state index in [1.54, 1.807) is 0 Å². The molecule has 3 fully saturated rings. The van der Waals surface area contributed by atoms with E-state index in [0.717, 1.165) is 57.3 Å². The third kappa shape index (κ3) is 3.31. The number of nitrogens with zero attached hydrogens (tertiary/aromatic N) is 2. The smallest absolute Gasteiger partial charge is 0.317 e. The molecule has 2 heterocycles. The average molecular weight is 355 g/mol. The lowest BCUT2D eigenvalue weighted by molar-refractivity contribution is -0.142. The van der Waals surface area contributed by atoms with Gasteiger partial charge in [0.2, 0.25) is 5.91 Å². The molecule has 5 heteroatoms. The molecule has 1 spiro atoms. The lowest BCUT2D eigenvalue weighted by Gasteiger charge is -2.50. The van der Waals surface area contributed by atoms with Crippen molar-refractivity contribution in [3.63, 3.8) is 0 Å². The third-order valence-corrected chi connectivity index (χ3v) is 6.35. The Labute approximate surface area is 155 Å². The highest BCUT2D eigenvalue weighted by molar-refractivity contribution is 5.85. The maximum Gasteiger partial charge on any atom is 0.317 e. The summed E-state index contributed by atoms with van der Waals surface area (Å²) in [6.45, 7) is 5.08. The van der Waals surface area contributed by atoms with Gasteiger partial charge in [-0.3, -0.25) is 4.79 Å². The Morgan fingerprint density at radius 3 is 2.50 bits per heavy atom. The predicted octanol–water partition coefficient (Wildman–Crippen LogP) is 2.98. The van der Waals surface area contributed by atoms with Crippen LogP contribution in [-0.2, 0) is 4.79 Å². The number of carbonyl (C=O) groups excluding carboxylic acids is 2. The molecule has 0 radical (unpaired) electrons. The molecule has 0 bridgehead atoms. The van der Waals surface area contributed by atoms with Gasteiger partial charge in [-0.05, 0) is 50.0 Å². The van der Waals surface area contributed by atoms with E-state index < -0.39 is 0 Å². The first-order valence-electron chi connectivity index (χ1n) is 10.00. The van der Waals surface area contributed by atoms with Crippen LogP contribution in [0, 0.1) is 5.41 Å². The quantitative estimate of drug-likeness (QED) is 0.906. The molecule has 2 saturated heterocycles. The molecule has 3 amide bonds. The van der Waals surface area contributed by atoms with Gasteiger partial charge in [-0.25, -0.2) is 4.79 Å². The van der Waals surface area contributed by atoms with Crippen molar-refractivity contribution in [2.45, 2.75) is 51.0 Å². The fraction of sp³-hybridized carbons (Fsp3) is 0.619. The van der Waals surface area contributed by atoms with Crippen LogP contribution >= 0.6 is 0 Å². The van der Waals surface area contributed by atoms with E-state index in [-0.39, 0.29) is 17.4 Å². The summed E-state index contributed by atoms with van der Waals surface area (Å²) >= 11 is 0. The zero-order valence-corrected chi connectivity index (χ0v) is 15.6. The molecule has 5 nitrogen and oxygen atoms in total. The van der Waals surface area contributed by atoms with Gasteiger partial charge in [-0.15, -0.1) is 0 Å². The molecule has 26 heavy (non-hydrogen) atoms. The number of urea groups is 1. The second kappa shape index (κ2) is 6.93. The number of amides is 3. The number of carbonyl (C=O) groups is 2. The SMILES string of the molecule is CCNC(=O)N1CCC2(CC1)CC(c1ccccc1)C(=O)N(C1CC1)C2.